The van der Waals surface area contributed by atoms with E-state index in [0.29, 0.717) is 4.88 Å². The first-order chi connectivity index (χ1) is 9.28. The third kappa shape index (κ3) is 2.22. The van der Waals surface area contributed by atoms with Gasteiger partial charge in [-0.3, -0.25) is 0 Å². The van der Waals surface area contributed by atoms with Gasteiger partial charge in [0.2, 0.25) is 0 Å². The van der Waals surface area contributed by atoms with E-state index in [1.165, 1.54) is 18.4 Å². The quantitative estimate of drug-likeness (QED) is 0.665. The summed E-state index contributed by atoms with van der Waals surface area (Å²) in [6, 6.07) is 13.9. The van der Waals surface area contributed by atoms with Crippen LogP contribution in [0.3, 0.4) is 0 Å². The molecule has 3 rings (SSSR count). The number of ether oxygens (including phenoxy) is 1. The number of rotatable bonds is 2. The Kier molecular flexibility index (Phi) is 3.01. The van der Waals surface area contributed by atoms with E-state index in [-0.39, 0.29) is 5.97 Å². The van der Waals surface area contributed by atoms with Crippen LogP contribution in [0.2, 0.25) is 0 Å². The van der Waals surface area contributed by atoms with Crippen LogP contribution in [0, 0.1) is 0 Å². The lowest BCUT2D eigenvalue weighted by atomic mass is 10.1. The van der Waals surface area contributed by atoms with Gasteiger partial charge in [0.05, 0.1) is 7.11 Å². The Morgan fingerprint density at radius 3 is 2.68 bits per heavy atom. The minimum Gasteiger partial charge on any atom is -0.465 e. The van der Waals surface area contributed by atoms with Crippen LogP contribution in [0.25, 0.3) is 21.3 Å². The van der Waals surface area contributed by atoms with Crippen molar-refractivity contribution in [3.63, 3.8) is 0 Å². The first-order valence-electron chi connectivity index (χ1n) is 5.81. The van der Waals surface area contributed by atoms with Crippen LogP contribution in [0.5, 0.6) is 0 Å². The molecule has 0 unspecified atom stereocenters. The molecule has 0 fully saturated rings. The zero-order chi connectivity index (χ0) is 13.2. The SMILES string of the molecule is COC(=O)c1cc2cc(-c3ccccc3)cnc2s1. The van der Waals surface area contributed by atoms with Gasteiger partial charge in [-0.05, 0) is 17.7 Å². The number of methoxy groups -OCH3 is 1. The molecular weight excluding hydrogens is 258 g/mol. The molecule has 0 aliphatic carbocycles. The zero-order valence-electron chi connectivity index (χ0n) is 10.3. The standard InChI is InChI=1S/C15H11NO2S/c1-18-15(17)13-8-11-7-12(9-16-14(11)19-13)10-5-3-2-4-6-10/h2-9H,1H3. The monoisotopic (exact) mass is 269 g/mol. The van der Waals surface area contributed by atoms with E-state index in [1.54, 1.807) is 0 Å². The second-order valence-corrected chi connectivity index (χ2v) is 5.12. The Bertz CT molecular complexity index is 734. The number of thiophene rings is 1. The highest BCUT2D eigenvalue weighted by molar-refractivity contribution is 7.20. The number of benzene rings is 1. The van der Waals surface area contributed by atoms with Gasteiger partial charge in [0, 0.05) is 17.1 Å². The van der Waals surface area contributed by atoms with Crippen LogP contribution in [-0.4, -0.2) is 18.1 Å². The van der Waals surface area contributed by atoms with Crippen LogP contribution in [0.1, 0.15) is 9.67 Å². The Morgan fingerprint density at radius 1 is 1.16 bits per heavy atom. The van der Waals surface area contributed by atoms with Gasteiger partial charge < -0.3 is 4.74 Å². The van der Waals surface area contributed by atoms with Gasteiger partial charge in [0.1, 0.15) is 9.71 Å². The van der Waals surface area contributed by atoms with Gasteiger partial charge >= 0.3 is 5.97 Å². The summed E-state index contributed by atoms with van der Waals surface area (Å²) in [5.74, 6) is -0.315. The highest BCUT2D eigenvalue weighted by Gasteiger charge is 2.11. The first-order valence-corrected chi connectivity index (χ1v) is 6.63. The molecule has 0 N–H and O–H groups in total. The number of hydrogen-bond acceptors (Lipinski definition) is 4. The topological polar surface area (TPSA) is 39.2 Å². The predicted octanol–water partition coefficient (Wildman–Crippen LogP) is 3.75. The second kappa shape index (κ2) is 4.82. The molecule has 0 saturated heterocycles. The van der Waals surface area contributed by atoms with E-state index in [2.05, 4.69) is 4.98 Å². The van der Waals surface area contributed by atoms with Crippen molar-refractivity contribution in [2.75, 3.05) is 7.11 Å². The Labute approximate surface area is 114 Å². The summed E-state index contributed by atoms with van der Waals surface area (Å²) in [7, 11) is 1.38. The third-order valence-electron chi connectivity index (χ3n) is 2.87. The average Bonchev–Trinajstić information content (AvgIpc) is 2.90. The molecule has 0 spiro atoms. The summed E-state index contributed by atoms with van der Waals surface area (Å²) in [5.41, 5.74) is 2.16. The minimum absolute atomic E-state index is 0.315. The molecule has 0 bridgehead atoms. The van der Waals surface area contributed by atoms with Crippen LogP contribution in [-0.2, 0) is 4.74 Å². The summed E-state index contributed by atoms with van der Waals surface area (Å²) < 4.78 is 4.72. The minimum atomic E-state index is -0.315. The lowest BCUT2D eigenvalue weighted by Crippen LogP contribution is -1.96. The maximum Gasteiger partial charge on any atom is 0.348 e. The number of hydrogen-bond donors (Lipinski definition) is 0. The number of carbonyl (C=O) groups is 1. The summed E-state index contributed by atoms with van der Waals surface area (Å²) in [4.78, 5) is 17.3. The molecule has 2 aromatic heterocycles. The van der Waals surface area contributed by atoms with Crippen molar-refractivity contribution in [3.05, 3.63) is 53.5 Å². The van der Waals surface area contributed by atoms with Crippen molar-refractivity contribution in [2.45, 2.75) is 0 Å². The fourth-order valence-corrected chi connectivity index (χ4v) is 2.82. The molecule has 0 radical (unpaired) electrons. The smallest absolute Gasteiger partial charge is 0.348 e. The fourth-order valence-electron chi connectivity index (χ4n) is 1.92. The van der Waals surface area contributed by atoms with Crippen molar-refractivity contribution < 1.29 is 9.53 Å². The third-order valence-corrected chi connectivity index (χ3v) is 3.90. The number of nitrogens with zero attached hydrogens (tertiary/aromatic N) is 1. The summed E-state index contributed by atoms with van der Waals surface area (Å²) in [6.07, 6.45) is 1.83. The molecule has 0 aliphatic heterocycles. The molecule has 94 valence electrons. The van der Waals surface area contributed by atoms with E-state index < -0.39 is 0 Å². The number of aromatic nitrogens is 1. The predicted molar refractivity (Wildman–Crippen MR) is 76.4 cm³/mol. The van der Waals surface area contributed by atoms with E-state index in [4.69, 9.17) is 4.74 Å². The zero-order valence-corrected chi connectivity index (χ0v) is 11.1. The normalized spacial score (nSPS) is 10.6. The lowest BCUT2D eigenvalue weighted by molar-refractivity contribution is 0.0606. The Morgan fingerprint density at radius 2 is 1.95 bits per heavy atom. The summed E-state index contributed by atoms with van der Waals surface area (Å²) >= 11 is 1.35. The van der Waals surface area contributed by atoms with E-state index in [9.17, 15) is 4.79 Å². The van der Waals surface area contributed by atoms with E-state index in [1.807, 2.05) is 48.7 Å². The van der Waals surface area contributed by atoms with Crippen LogP contribution < -0.4 is 0 Å². The summed E-state index contributed by atoms with van der Waals surface area (Å²) in [6.45, 7) is 0. The van der Waals surface area contributed by atoms with Crippen molar-refractivity contribution in [1.29, 1.82) is 0 Å². The van der Waals surface area contributed by atoms with E-state index >= 15 is 0 Å². The number of esters is 1. The van der Waals surface area contributed by atoms with Gasteiger partial charge in [-0.2, -0.15) is 0 Å². The van der Waals surface area contributed by atoms with Gasteiger partial charge in [0.15, 0.2) is 0 Å². The van der Waals surface area contributed by atoms with Gasteiger partial charge in [-0.25, -0.2) is 9.78 Å². The molecule has 19 heavy (non-hydrogen) atoms. The molecule has 0 aliphatic rings. The molecule has 1 aromatic carbocycles. The molecule has 0 saturated carbocycles. The molecule has 2 heterocycles. The number of fused-ring (bicyclic) bond motifs is 1. The second-order valence-electron chi connectivity index (χ2n) is 4.09. The highest BCUT2D eigenvalue weighted by atomic mass is 32.1. The molecule has 0 amide bonds. The molecule has 0 atom stereocenters. The van der Waals surface area contributed by atoms with Gasteiger partial charge in [-0.1, -0.05) is 30.3 Å². The van der Waals surface area contributed by atoms with Crippen molar-refractivity contribution in [1.82, 2.24) is 4.98 Å². The molecule has 4 heteroatoms. The lowest BCUT2D eigenvalue weighted by Gasteiger charge is -2.00. The van der Waals surface area contributed by atoms with Crippen molar-refractivity contribution in [2.24, 2.45) is 0 Å². The van der Waals surface area contributed by atoms with Gasteiger partial charge in [0.25, 0.3) is 0 Å². The highest BCUT2D eigenvalue weighted by Crippen LogP contribution is 2.28. The van der Waals surface area contributed by atoms with Crippen LogP contribution in [0.4, 0.5) is 0 Å². The molecular formula is C15H11NO2S. The number of pyridine rings is 1. The fraction of sp³-hybridized carbons (Fsp3) is 0.0667. The maximum absolute atomic E-state index is 11.5. The largest absolute Gasteiger partial charge is 0.465 e. The van der Waals surface area contributed by atoms with E-state index in [0.717, 1.165) is 21.3 Å². The van der Waals surface area contributed by atoms with Crippen molar-refractivity contribution >= 4 is 27.5 Å². The maximum atomic E-state index is 11.5. The van der Waals surface area contributed by atoms with Crippen molar-refractivity contribution in [3.8, 4) is 11.1 Å². The first kappa shape index (κ1) is 11.9. The average molecular weight is 269 g/mol. The summed E-state index contributed by atoms with van der Waals surface area (Å²) in [5, 5.41) is 0.965. The van der Waals surface area contributed by atoms with Crippen LogP contribution in [0.15, 0.2) is 48.7 Å². The van der Waals surface area contributed by atoms with Gasteiger partial charge in [-0.15, -0.1) is 11.3 Å². The van der Waals surface area contributed by atoms with Crippen LogP contribution >= 0.6 is 11.3 Å². The molecule has 3 aromatic rings. The molecule has 3 nitrogen and oxygen atoms in total. The Balaban J connectivity index is 2.09. The Hall–Kier alpha value is -2.20. The number of carbonyl (C=O) groups excluding carboxylic acids is 1.